The van der Waals surface area contributed by atoms with Crippen molar-refractivity contribution < 1.29 is 46.6 Å². The van der Waals surface area contributed by atoms with Crippen LogP contribution in [0.15, 0.2) is 97.1 Å². The summed E-state index contributed by atoms with van der Waals surface area (Å²) >= 11 is -2.29. The summed E-state index contributed by atoms with van der Waals surface area (Å²) in [5.41, 5.74) is 21.2. The van der Waals surface area contributed by atoms with E-state index in [2.05, 4.69) is 118 Å². The van der Waals surface area contributed by atoms with Gasteiger partial charge in [0.1, 0.15) is 0 Å². The maximum atomic E-state index is 2.47. The molecule has 0 nitrogen and oxygen atoms in total. The molecule has 0 atom stereocenters. The van der Waals surface area contributed by atoms with Crippen molar-refractivity contribution in [2.75, 3.05) is 0 Å². The van der Waals surface area contributed by atoms with Crippen LogP contribution < -0.4 is 53.2 Å². The second-order valence-corrected chi connectivity index (χ2v) is 17.9. The molecular weight excluding hydrogens is 616 g/mol. The van der Waals surface area contributed by atoms with Crippen LogP contribution in [0.4, 0.5) is 0 Å². The third-order valence-electron chi connectivity index (χ3n) is 9.42. The van der Waals surface area contributed by atoms with Crippen LogP contribution >= 0.6 is 0 Å². The van der Waals surface area contributed by atoms with Gasteiger partial charge in [0.25, 0.3) is 0 Å². The van der Waals surface area contributed by atoms with Crippen LogP contribution in [0, 0.1) is 13.8 Å². The molecule has 2 aliphatic heterocycles. The topological polar surface area (TPSA) is 0 Å². The Labute approximate surface area is 265 Å². The van der Waals surface area contributed by atoms with Crippen molar-refractivity contribution in [3.05, 3.63) is 108 Å². The van der Waals surface area contributed by atoms with Crippen LogP contribution in [0.1, 0.15) is 18.1 Å². The van der Waals surface area contributed by atoms with Crippen LogP contribution in [0.25, 0.3) is 44.5 Å². The summed E-state index contributed by atoms with van der Waals surface area (Å²) < 4.78 is 4.79. The van der Waals surface area contributed by atoms with E-state index < -0.39 is 21.8 Å². The number of hydrogen-bond acceptors (Lipinski definition) is 0. The second kappa shape index (κ2) is 10.9. The molecule has 197 valence electrons. The zero-order valence-corrected chi connectivity index (χ0v) is 27.6. The largest absolute Gasteiger partial charge is 1.00 e. The molecule has 0 radical (unpaired) electrons. The van der Waals surface area contributed by atoms with Gasteiger partial charge in [0.2, 0.25) is 0 Å². The van der Waals surface area contributed by atoms with Crippen LogP contribution in [-0.4, -0.2) is 14.6 Å². The van der Waals surface area contributed by atoms with E-state index in [0.29, 0.717) is 0 Å². The molecule has 2 aromatic rings. The maximum absolute atomic E-state index is 2.47. The van der Waals surface area contributed by atoms with Gasteiger partial charge in [-0.2, -0.15) is 0 Å². The smallest absolute Gasteiger partial charge is 1.00 e. The summed E-state index contributed by atoms with van der Waals surface area (Å²) in [7, 11) is 2.15. The number of halogens is 2. The number of hydrogen-bond donors (Lipinski definition) is 0. The van der Waals surface area contributed by atoms with Crippen molar-refractivity contribution in [3.63, 3.8) is 0 Å². The zero-order valence-electron chi connectivity index (χ0n) is 23.6. The summed E-state index contributed by atoms with van der Waals surface area (Å²) in [4.78, 5) is 0. The molecule has 0 saturated heterocycles. The van der Waals surface area contributed by atoms with Gasteiger partial charge in [-0.3, -0.25) is 0 Å². The van der Waals surface area contributed by atoms with E-state index in [0.717, 1.165) is 14.6 Å². The van der Waals surface area contributed by atoms with Crippen molar-refractivity contribution in [2.24, 2.45) is 0 Å². The zero-order chi connectivity index (χ0) is 26.2. The molecule has 5 heteroatoms. The average Bonchev–Trinajstić information content (AvgIpc) is 3.59. The van der Waals surface area contributed by atoms with E-state index in [1.54, 1.807) is 39.7 Å². The van der Waals surface area contributed by atoms with E-state index in [9.17, 15) is 0 Å². The first-order chi connectivity index (χ1) is 19.2. The third-order valence-corrected chi connectivity index (χ3v) is 17.3. The molecule has 2 heterocycles. The Balaban J connectivity index is 0.00000151. The van der Waals surface area contributed by atoms with Crippen molar-refractivity contribution in [1.29, 1.82) is 0 Å². The molecular formula is C36H29B2Cl2Zr. The summed E-state index contributed by atoms with van der Waals surface area (Å²) in [5.74, 6) is 0. The van der Waals surface area contributed by atoms with Crippen LogP contribution in [-0.2, 0) is 21.8 Å². The Morgan fingerprint density at radius 3 is 1.32 bits per heavy atom. The van der Waals surface area contributed by atoms with Crippen molar-refractivity contribution in [3.8, 4) is 44.5 Å². The fourth-order valence-electron chi connectivity index (χ4n) is 7.81. The molecule has 0 unspecified atom stereocenters. The minimum absolute atomic E-state index is 0. The molecule has 4 bridgehead atoms. The van der Waals surface area contributed by atoms with Gasteiger partial charge in [-0.15, -0.1) is 0 Å². The van der Waals surface area contributed by atoms with Gasteiger partial charge < -0.3 is 24.8 Å². The Morgan fingerprint density at radius 2 is 0.927 bits per heavy atom. The molecule has 8 rings (SSSR count). The number of fused-ring (bicyclic) bond motifs is 2. The van der Waals surface area contributed by atoms with Crippen LogP contribution in [0.5, 0.6) is 0 Å². The molecule has 0 fully saturated rings. The maximum Gasteiger partial charge on any atom is -1.00 e. The summed E-state index contributed by atoms with van der Waals surface area (Å²) in [6.45, 7) is 7.36. The van der Waals surface area contributed by atoms with E-state index in [4.69, 9.17) is 0 Å². The number of benzene rings is 2. The first-order valence-electron chi connectivity index (χ1n) is 14.3. The molecule has 0 spiro atoms. The van der Waals surface area contributed by atoms with Gasteiger partial charge in [-0.1, -0.05) is 0 Å². The first-order valence-corrected chi connectivity index (χ1v) is 18.5. The van der Waals surface area contributed by atoms with E-state index in [1.165, 1.54) is 48.4 Å². The monoisotopic (exact) mass is 643 g/mol. The Bertz CT molecular complexity index is 1730. The molecule has 0 saturated carbocycles. The normalized spacial score (nSPS) is 11.9. The standard InChI is InChI=1S/2C17H12B.C2H5.2ClH.Zr/c2*1-11-10-13-8-5-9-14-15(16(13)17(11)18-14)12-6-3-2-4-7-12;1-2;;;/h2*2-9,18H,1H3;1H2,2H3;2*1H;/q;;;;;+2/p-2. The van der Waals surface area contributed by atoms with Gasteiger partial charge in [0.05, 0.1) is 0 Å². The molecule has 0 aromatic heterocycles. The van der Waals surface area contributed by atoms with Gasteiger partial charge in [0, 0.05) is 0 Å². The third kappa shape index (κ3) is 4.07. The fraction of sp³-hybridized carbons (Fsp3) is 0.111. The predicted octanol–water partition coefficient (Wildman–Crippen LogP) is -1.74. The SMILES string of the molecule is C[CH2][Zr+2]([c]1c2cccc3c(-c4ccccc4)c-2c(c1C)B3)[c]1c2cccc3c(-c4ccccc4)c-2c(c1C)B3.[Cl-].[Cl-]. The minimum atomic E-state index is -2.29. The van der Waals surface area contributed by atoms with Gasteiger partial charge in [0.15, 0.2) is 0 Å². The van der Waals surface area contributed by atoms with Crippen molar-refractivity contribution >= 4 is 43.0 Å². The Kier molecular flexibility index (Phi) is 7.61. The van der Waals surface area contributed by atoms with Crippen LogP contribution in [0.3, 0.4) is 0 Å². The molecule has 6 aliphatic rings. The van der Waals surface area contributed by atoms with E-state index in [-0.39, 0.29) is 24.8 Å². The van der Waals surface area contributed by atoms with Gasteiger partial charge in [-0.25, -0.2) is 0 Å². The van der Waals surface area contributed by atoms with Crippen LogP contribution in [0.2, 0.25) is 4.13 Å². The van der Waals surface area contributed by atoms with E-state index >= 15 is 0 Å². The summed E-state index contributed by atoms with van der Waals surface area (Å²) in [6, 6.07) is 36.5. The quantitative estimate of drug-likeness (QED) is 0.196. The Morgan fingerprint density at radius 1 is 0.512 bits per heavy atom. The number of rotatable bonds is 5. The fourth-order valence-corrected chi connectivity index (χ4v) is 15.8. The summed E-state index contributed by atoms with van der Waals surface area (Å²) in [5, 5.41) is 0. The average molecular weight is 645 g/mol. The molecule has 41 heavy (non-hydrogen) atoms. The Hall–Kier alpha value is -2.57. The molecule has 0 N–H and O–H groups in total. The predicted molar refractivity (Wildman–Crippen MR) is 169 cm³/mol. The second-order valence-electron chi connectivity index (χ2n) is 11.3. The van der Waals surface area contributed by atoms with Gasteiger partial charge >= 0.3 is 242 Å². The van der Waals surface area contributed by atoms with Crippen molar-refractivity contribution in [1.82, 2.24) is 0 Å². The first kappa shape index (κ1) is 28.5. The minimum Gasteiger partial charge on any atom is -1.00 e. The summed E-state index contributed by atoms with van der Waals surface area (Å²) in [6.07, 6.45) is 0. The van der Waals surface area contributed by atoms with Crippen molar-refractivity contribution in [2.45, 2.75) is 24.9 Å². The molecule has 0 amide bonds. The molecule has 2 aromatic carbocycles. The van der Waals surface area contributed by atoms with Gasteiger partial charge in [-0.05, 0) is 0 Å². The van der Waals surface area contributed by atoms with E-state index in [1.807, 2.05) is 0 Å². The molecule has 4 aliphatic carbocycles.